The van der Waals surface area contributed by atoms with E-state index in [2.05, 4.69) is 59.7 Å². The zero-order valence-corrected chi connectivity index (χ0v) is 16.1. The summed E-state index contributed by atoms with van der Waals surface area (Å²) in [6.07, 6.45) is 14.2. The second-order valence-corrected chi connectivity index (χ2v) is 6.71. The fourth-order valence-corrected chi connectivity index (χ4v) is 1.97. The van der Waals surface area contributed by atoms with Crippen LogP contribution in [0.5, 0.6) is 0 Å². The number of hydrogen-bond donors (Lipinski definition) is 0. The van der Waals surface area contributed by atoms with E-state index in [0.717, 1.165) is 33.8 Å². The van der Waals surface area contributed by atoms with E-state index < -0.39 is 0 Å². The Kier molecular flexibility index (Phi) is 10.5. The van der Waals surface area contributed by atoms with Crippen LogP contribution in [0.25, 0.3) is 0 Å². The Hall–Kier alpha value is -2.08. The van der Waals surface area contributed by atoms with Gasteiger partial charge in [-0.15, -0.1) is 0 Å². The Labute approximate surface area is 150 Å². The quantitative estimate of drug-likeness (QED) is 0.345. The van der Waals surface area contributed by atoms with Crippen LogP contribution < -0.4 is 0 Å². The Morgan fingerprint density at radius 3 is 1.50 bits per heavy atom. The molecule has 0 aliphatic carbocycles. The topological polar surface area (TPSA) is 0 Å². The highest BCUT2D eigenvalue weighted by Gasteiger charge is 2.05. The third-order valence-corrected chi connectivity index (χ3v) is 3.99. The molecule has 0 nitrogen and oxygen atoms in total. The largest absolute Gasteiger partial charge is 0.0956 e. The molecule has 0 N–H and O–H groups in total. The molecule has 1 atom stereocenters. The second-order valence-electron chi connectivity index (χ2n) is 6.71. The third-order valence-electron chi connectivity index (χ3n) is 3.99. The average molecular weight is 323 g/mol. The molecule has 0 saturated heterocycles. The fraction of sp³-hybridized carbons (Fsp3) is 0.333. The van der Waals surface area contributed by atoms with E-state index in [9.17, 15) is 0 Å². The van der Waals surface area contributed by atoms with E-state index in [1.54, 1.807) is 0 Å². The minimum atomic E-state index is 0.490. The summed E-state index contributed by atoms with van der Waals surface area (Å²) in [6.45, 7) is 29.0. The number of allylic oxidation sites excluding steroid dienone is 11. The van der Waals surface area contributed by atoms with Crippen LogP contribution in [0.15, 0.2) is 97.2 Å². The highest BCUT2D eigenvalue weighted by molar-refractivity contribution is 5.49. The average Bonchev–Trinajstić information content (AvgIpc) is 2.54. The van der Waals surface area contributed by atoms with Crippen LogP contribution in [0.2, 0.25) is 0 Å². The summed E-state index contributed by atoms with van der Waals surface area (Å²) in [7, 11) is 0. The Morgan fingerprint density at radius 1 is 0.667 bits per heavy atom. The van der Waals surface area contributed by atoms with E-state index in [1.807, 2.05) is 37.3 Å². The molecule has 0 aliphatic heterocycles. The summed E-state index contributed by atoms with van der Waals surface area (Å²) in [5.74, 6) is 1.22. The molecular weight excluding hydrogens is 288 g/mol. The monoisotopic (exact) mass is 322 g/mol. The molecule has 0 spiro atoms. The lowest BCUT2D eigenvalue weighted by atomic mass is 9.93. The normalized spacial score (nSPS) is 13.0. The SMILES string of the molecule is C=C(/C=C\C)C(=C)/C=C\C(=C)C(=C)/C=C\C(=C)C(C)CCC(C)C. The Morgan fingerprint density at radius 2 is 1.08 bits per heavy atom. The zero-order chi connectivity index (χ0) is 18.7. The van der Waals surface area contributed by atoms with Crippen molar-refractivity contribution in [3.63, 3.8) is 0 Å². The molecule has 0 aromatic rings. The van der Waals surface area contributed by atoms with Crippen molar-refractivity contribution in [1.82, 2.24) is 0 Å². The van der Waals surface area contributed by atoms with Gasteiger partial charge in [0.25, 0.3) is 0 Å². The third kappa shape index (κ3) is 9.15. The van der Waals surface area contributed by atoms with Gasteiger partial charge in [-0.2, -0.15) is 0 Å². The predicted molar refractivity (Wildman–Crippen MR) is 112 cm³/mol. The minimum Gasteiger partial charge on any atom is -0.0956 e. The molecule has 0 heteroatoms. The molecule has 0 amide bonds. The maximum Gasteiger partial charge on any atom is -0.0196 e. The van der Waals surface area contributed by atoms with Crippen LogP contribution >= 0.6 is 0 Å². The summed E-state index contributed by atoms with van der Waals surface area (Å²) in [5, 5.41) is 0. The van der Waals surface area contributed by atoms with Crippen molar-refractivity contribution in [1.29, 1.82) is 0 Å². The van der Waals surface area contributed by atoms with Gasteiger partial charge in [0.05, 0.1) is 0 Å². The van der Waals surface area contributed by atoms with Crippen molar-refractivity contribution in [3.05, 3.63) is 97.2 Å². The van der Waals surface area contributed by atoms with Gasteiger partial charge in [-0.25, -0.2) is 0 Å². The smallest absolute Gasteiger partial charge is 0.0196 e. The zero-order valence-electron chi connectivity index (χ0n) is 16.1. The van der Waals surface area contributed by atoms with E-state index >= 15 is 0 Å². The van der Waals surface area contributed by atoms with E-state index in [-0.39, 0.29) is 0 Å². The van der Waals surface area contributed by atoms with Gasteiger partial charge in [0.1, 0.15) is 0 Å². The first-order valence-corrected chi connectivity index (χ1v) is 8.63. The lowest BCUT2D eigenvalue weighted by molar-refractivity contribution is 0.494. The van der Waals surface area contributed by atoms with E-state index in [1.165, 1.54) is 12.8 Å². The summed E-state index contributed by atoms with van der Waals surface area (Å²) in [4.78, 5) is 0. The van der Waals surface area contributed by atoms with Crippen LogP contribution in [-0.4, -0.2) is 0 Å². The van der Waals surface area contributed by atoms with E-state index in [4.69, 9.17) is 0 Å². The maximum absolute atomic E-state index is 4.17. The van der Waals surface area contributed by atoms with Gasteiger partial charge in [0, 0.05) is 0 Å². The Bertz CT molecular complexity index is 573. The fourth-order valence-electron chi connectivity index (χ4n) is 1.97. The molecule has 0 heterocycles. The summed E-state index contributed by atoms with van der Waals surface area (Å²) in [6, 6.07) is 0. The van der Waals surface area contributed by atoms with Gasteiger partial charge in [-0.1, -0.05) is 102 Å². The molecule has 130 valence electrons. The van der Waals surface area contributed by atoms with Gasteiger partial charge >= 0.3 is 0 Å². The van der Waals surface area contributed by atoms with Gasteiger partial charge in [-0.3, -0.25) is 0 Å². The second kappa shape index (κ2) is 11.5. The van der Waals surface area contributed by atoms with Crippen molar-refractivity contribution in [2.24, 2.45) is 11.8 Å². The maximum atomic E-state index is 4.17. The standard InChI is InChI=1S/C24H34/c1-10-11-19(4)21(6)14-15-23(8)24(9)17-16-22(7)20(5)13-12-18(2)3/h10-11,14-18,20H,4,6-9,12-13H2,1-3,5H3/b11-10-,15-14-,17-16-. The van der Waals surface area contributed by atoms with Gasteiger partial charge in [-0.05, 0) is 47.5 Å². The molecule has 0 aromatic heterocycles. The molecule has 0 aromatic carbocycles. The van der Waals surface area contributed by atoms with Crippen molar-refractivity contribution in [2.45, 2.75) is 40.5 Å². The van der Waals surface area contributed by atoms with Crippen molar-refractivity contribution in [2.75, 3.05) is 0 Å². The molecule has 0 radical (unpaired) electrons. The summed E-state index contributed by atoms with van der Waals surface area (Å²) < 4.78 is 0. The van der Waals surface area contributed by atoms with Crippen molar-refractivity contribution < 1.29 is 0 Å². The highest BCUT2D eigenvalue weighted by atomic mass is 14.1. The van der Waals surface area contributed by atoms with Crippen LogP contribution in [0.4, 0.5) is 0 Å². The van der Waals surface area contributed by atoms with E-state index in [0.29, 0.717) is 5.92 Å². The predicted octanol–water partition coefficient (Wildman–Crippen LogP) is 7.53. The first kappa shape index (κ1) is 21.9. The van der Waals surface area contributed by atoms with Crippen molar-refractivity contribution >= 4 is 0 Å². The molecule has 1 unspecified atom stereocenters. The van der Waals surface area contributed by atoms with Crippen LogP contribution in [-0.2, 0) is 0 Å². The van der Waals surface area contributed by atoms with Crippen LogP contribution in [0.3, 0.4) is 0 Å². The summed E-state index contributed by atoms with van der Waals surface area (Å²) >= 11 is 0. The molecular formula is C24H34. The number of rotatable bonds is 11. The highest BCUT2D eigenvalue weighted by Crippen LogP contribution is 2.20. The first-order valence-electron chi connectivity index (χ1n) is 8.63. The lowest BCUT2D eigenvalue weighted by Crippen LogP contribution is -1.99. The summed E-state index contributed by atoms with van der Waals surface area (Å²) in [5.41, 5.74) is 4.66. The molecule has 0 bridgehead atoms. The molecule has 24 heavy (non-hydrogen) atoms. The van der Waals surface area contributed by atoms with Crippen molar-refractivity contribution in [3.8, 4) is 0 Å². The Balaban J connectivity index is 4.59. The molecule has 0 rings (SSSR count). The van der Waals surface area contributed by atoms with Gasteiger partial charge in [0.2, 0.25) is 0 Å². The first-order chi connectivity index (χ1) is 11.2. The van der Waals surface area contributed by atoms with Gasteiger partial charge in [0.15, 0.2) is 0 Å². The molecule has 0 saturated carbocycles. The van der Waals surface area contributed by atoms with Gasteiger partial charge < -0.3 is 0 Å². The minimum absolute atomic E-state index is 0.490. The molecule has 0 fully saturated rings. The van der Waals surface area contributed by atoms with Crippen LogP contribution in [0, 0.1) is 11.8 Å². The number of hydrogen-bond acceptors (Lipinski definition) is 0. The lowest BCUT2D eigenvalue weighted by Gasteiger charge is -2.13. The molecule has 0 aliphatic rings. The van der Waals surface area contributed by atoms with Crippen LogP contribution in [0.1, 0.15) is 40.5 Å².